The Morgan fingerprint density at radius 2 is 2.29 bits per heavy atom. The minimum Gasteiger partial charge on any atom is -0.481 e. The van der Waals surface area contributed by atoms with Crippen molar-refractivity contribution in [1.82, 2.24) is 9.97 Å². The zero-order valence-corrected chi connectivity index (χ0v) is 9.83. The Hall–Kier alpha value is -1.85. The highest BCUT2D eigenvalue weighted by Gasteiger charge is 2.35. The maximum Gasteiger partial charge on any atom is 0.308 e. The molecule has 6 heteroatoms. The monoisotopic (exact) mass is 237 g/mol. The van der Waals surface area contributed by atoms with Crippen molar-refractivity contribution < 1.29 is 14.6 Å². The Morgan fingerprint density at radius 1 is 1.53 bits per heavy atom. The summed E-state index contributed by atoms with van der Waals surface area (Å²) < 4.78 is 5.02. The van der Waals surface area contributed by atoms with Gasteiger partial charge in [-0.3, -0.25) is 4.79 Å². The quantitative estimate of drug-likeness (QED) is 0.831. The van der Waals surface area contributed by atoms with Gasteiger partial charge in [0.15, 0.2) is 0 Å². The Balaban J connectivity index is 2.16. The summed E-state index contributed by atoms with van der Waals surface area (Å²) in [7, 11) is 1.54. The molecular formula is C11H15N3O3. The van der Waals surface area contributed by atoms with Gasteiger partial charge in [-0.15, -0.1) is 0 Å². The number of carboxylic acids is 1. The van der Waals surface area contributed by atoms with Gasteiger partial charge in [0.05, 0.1) is 13.0 Å². The molecule has 0 saturated carbocycles. The number of hydrogen-bond donors (Lipinski definition) is 1. The number of ether oxygens (including phenoxy) is 1. The van der Waals surface area contributed by atoms with Gasteiger partial charge in [-0.2, -0.15) is 0 Å². The fraction of sp³-hybridized carbons (Fsp3) is 0.545. The van der Waals surface area contributed by atoms with Gasteiger partial charge in [-0.05, 0) is 5.92 Å². The zero-order chi connectivity index (χ0) is 12.4. The third-order valence-corrected chi connectivity index (χ3v) is 3.09. The second-order valence-electron chi connectivity index (χ2n) is 4.25. The van der Waals surface area contributed by atoms with Crippen molar-refractivity contribution in [2.24, 2.45) is 11.8 Å². The van der Waals surface area contributed by atoms with Crippen molar-refractivity contribution in [2.45, 2.75) is 6.92 Å². The minimum absolute atomic E-state index is 0.119. The van der Waals surface area contributed by atoms with E-state index in [2.05, 4.69) is 9.97 Å². The summed E-state index contributed by atoms with van der Waals surface area (Å²) in [6.07, 6.45) is 1.42. The molecule has 17 heavy (non-hydrogen) atoms. The van der Waals surface area contributed by atoms with Crippen LogP contribution in [0.15, 0.2) is 12.4 Å². The predicted molar refractivity (Wildman–Crippen MR) is 61.1 cm³/mol. The topological polar surface area (TPSA) is 75.5 Å². The number of aliphatic carboxylic acids is 1. The van der Waals surface area contributed by atoms with Crippen molar-refractivity contribution in [3.8, 4) is 5.88 Å². The van der Waals surface area contributed by atoms with Gasteiger partial charge in [0.2, 0.25) is 5.88 Å². The Kier molecular flexibility index (Phi) is 3.12. The molecule has 2 atom stereocenters. The lowest BCUT2D eigenvalue weighted by atomic mass is 9.99. The normalized spacial score (nSPS) is 23.8. The summed E-state index contributed by atoms with van der Waals surface area (Å²) in [6, 6.07) is 1.72. The number of rotatable bonds is 3. The van der Waals surface area contributed by atoms with E-state index < -0.39 is 5.97 Å². The third-order valence-electron chi connectivity index (χ3n) is 3.09. The highest BCUT2D eigenvalue weighted by molar-refractivity contribution is 5.72. The fourth-order valence-corrected chi connectivity index (χ4v) is 2.09. The summed E-state index contributed by atoms with van der Waals surface area (Å²) in [4.78, 5) is 21.0. The molecule has 1 N–H and O–H groups in total. The molecule has 0 amide bonds. The molecular weight excluding hydrogens is 222 g/mol. The molecule has 0 bridgehead atoms. The molecule has 92 valence electrons. The maximum absolute atomic E-state index is 11.0. The molecule has 1 aromatic rings. The van der Waals surface area contributed by atoms with E-state index in [1.165, 1.54) is 6.33 Å². The summed E-state index contributed by atoms with van der Waals surface area (Å²) in [5.41, 5.74) is 0. The lowest BCUT2D eigenvalue weighted by Gasteiger charge is -2.16. The van der Waals surface area contributed by atoms with Crippen LogP contribution >= 0.6 is 0 Å². The van der Waals surface area contributed by atoms with Gasteiger partial charge >= 0.3 is 5.97 Å². The fourth-order valence-electron chi connectivity index (χ4n) is 2.09. The molecule has 0 aromatic carbocycles. The van der Waals surface area contributed by atoms with Gasteiger partial charge in [0.1, 0.15) is 12.1 Å². The number of nitrogens with zero attached hydrogens (tertiary/aromatic N) is 3. The van der Waals surface area contributed by atoms with E-state index in [1.54, 1.807) is 13.2 Å². The number of aromatic nitrogens is 2. The molecule has 2 heterocycles. The van der Waals surface area contributed by atoms with Crippen LogP contribution in [-0.2, 0) is 4.79 Å². The largest absolute Gasteiger partial charge is 0.481 e. The van der Waals surface area contributed by atoms with E-state index >= 15 is 0 Å². The molecule has 1 fully saturated rings. The van der Waals surface area contributed by atoms with Gasteiger partial charge in [0, 0.05) is 19.2 Å². The Bertz CT molecular complexity index is 424. The lowest BCUT2D eigenvalue weighted by Crippen LogP contribution is -2.23. The first-order valence-electron chi connectivity index (χ1n) is 5.45. The maximum atomic E-state index is 11.0. The first-order chi connectivity index (χ1) is 8.11. The van der Waals surface area contributed by atoms with Crippen molar-refractivity contribution in [2.75, 3.05) is 25.1 Å². The lowest BCUT2D eigenvalue weighted by molar-refractivity contribution is -0.142. The molecule has 2 unspecified atom stereocenters. The van der Waals surface area contributed by atoms with E-state index in [-0.39, 0.29) is 11.8 Å². The van der Waals surface area contributed by atoms with Crippen LogP contribution in [0.2, 0.25) is 0 Å². The van der Waals surface area contributed by atoms with Gasteiger partial charge in [-0.25, -0.2) is 9.97 Å². The molecule has 1 aliphatic heterocycles. The van der Waals surface area contributed by atoms with Crippen LogP contribution < -0.4 is 9.64 Å². The van der Waals surface area contributed by atoms with Crippen LogP contribution in [0.25, 0.3) is 0 Å². The van der Waals surface area contributed by atoms with E-state index in [4.69, 9.17) is 9.84 Å². The van der Waals surface area contributed by atoms with Crippen LogP contribution in [0, 0.1) is 11.8 Å². The Morgan fingerprint density at radius 3 is 2.88 bits per heavy atom. The van der Waals surface area contributed by atoms with Gasteiger partial charge < -0.3 is 14.7 Å². The first-order valence-corrected chi connectivity index (χ1v) is 5.45. The van der Waals surface area contributed by atoms with Gasteiger partial charge in [0.25, 0.3) is 0 Å². The highest BCUT2D eigenvalue weighted by Crippen LogP contribution is 2.27. The van der Waals surface area contributed by atoms with E-state index in [0.717, 1.165) is 0 Å². The number of carbonyl (C=O) groups is 1. The van der Waals surface area contributed by atoms with E-state index in [0.29, 0.717) is 24.8 Å². The van der Waals surface area contributed by atoms with Gasteiger partial charge in [-0.1, -0.05) is 6.92 Å². The SMILES string of the molecule is COc1cc(N2CC(C)C(C(=O)O)C2)ncn1. The molecule has 1 saturated heterocycles. The van der Waals surface area contributed by atoms with E-state index in [9.17, 15) is 4.79 Å². The number of hydrogen-bond acceptors (Lipinski definition) is 5. The predicted octanol–water partition coefficient (Wildman–Crippen LogP) is 0.642. The van der Waals surface area contributed by atoms with Crippen molar-refractivity contribution in [3.63, 3.8) is 0 Å². The molecule has 2 rings (SSSR count). The Labute approximate surface area is 99.2 Å². The standard InChI is InChI=1S/C11H15N3O3/c1-7-4-14(5-8(7)11(15)16)9-3-10(17-2)13-6-12-9/h3,6-8H,4-5H2,1-2H3,(H,15,16). The summed E-state index contributed by atoms with van der Waals surface area (Å²) in [5, 5.41) is 9.06. The second kappa shape index (κ2) is 4.57. The third kappa shape index (κ3) is 2.30. The highest BCUT2D eigenvalue weighted by atomic mass is 16.5. The second-order valence-corrected chi connectivity index (χ2v) is 4.25. The molecule has 1 aliphatic rings. The van der Waals surface area contributed by atoms with Crippen LogP contribution in [-0.4, -0.2) is 41.2 Å². The summed E-state index contributed by atoms with van der Waals surface area (Å²) in [5.74, 6) is 0.235. The number of anilines is 1. The first kappa shape index (κ1) is 11.6. The number of carboxylic acid groups (broad SMARTS) is 1. The number of methoxy groups -OCH3 is 1. The summed E-state index contributed by atoms with van der Waals surface area (Å²) in [6.45, 7) is 3.12. The average molecular weight is 237 g/mol. The molecule has 0 radical (unpaired) electrons. The summed E-state index contributed by atoms with van der Waals surface area (Å²) >= 11 is 0. The van der Waals surface area contributed by atoms with Crippen molar-refractivity contribution >= 4 is 11.8 Å². The van der Waals surface area contributed by atoms with Crippen LogP contribution in [0.4, 0.5) is 5.82 Å². The molecule has 6 nitrogen and oxygen atoms in total. The molecule has 0 spiro atoms. The van der Waals surface area contributed by atoms with Crippen molar-refractivity contribution in [1.29, 1.82) is 0 Å². The van der Waals surface area contributed by atoms with E-state index in [1.807, 2.05) is 11.8 Å². The van der Waals surface area contributed by atoms with Crippen LogP contribution in [0.1, 0.15) is 6.92 Å². The molecule has 1 aromatic heterocycles. The van der Waals surface area contributed by atoms with Crippen molar-refractivity contribution in [3.05, 3.63) is 12.4 Å². The zero-order valence-electron chi connectivity index (χ0n) is 9.83. The average Bonchev–Trinajstić information content (AvgIpc) is 2.71. The van der Waals surface area contributed by atoms with Crippen LogP contribution in [0.5, 0.6) is 5.88 Å². The molecule has 0 aliphatic carbocycles. The smallest absolute Gasteiger partial charge is 0.308 e. The minimum atomic E-state index is -0.749. The van der Waals surface area contributed by atoms with Crippen LogP contribution in [0.3, 0.4) is 0 Å².